The van der Waals surface area contributed by atoms with Crippen molar-refractivity contribution in [3.8, 4) is 0 Å². The van der Waals surface area contributed by atoms with Gasteiger partial charge in [-0.25, -0.2) is 0 Å². The van der Waals surface area contributed by atoms with Gasteiger partial charge in [0.25, 0.3) is 0 Å². The van der Waals surface area contributed by atoms with Gasteiger partial charge in [-0.3, -0.25) is 4.79 Å². The molecule has 0 saturated carbocycles. The van der Waals surface area contributed by atoms with Crippen molar-refractivity contribution in [1.29, 1.82) is 0 Å². The number of halogens is 1. The number of hydrogen-bond donors (Lipinski definition) is 2. The fourth-order valence-electron chi connectivity index (χ4n) is 1.15. The molecule has 0 aliphatic rings. The molecular formula is C11H14INO2. The Kier molecular flexibility index (Phi) is 4.38. The van der Waals surface area contributed by atoms with Gasteiger partial charge in [0.15, 0.2) is 0 Å². The molecule has 0 bridgehead atoms. The summed E-state index contributed by atoms with van der Waals surface area (Å²) in [7, 11) is 0. The molecule has 0 saturated heterocycles. The Hall–Kier alpha value is -0.780. The number of rotatable bonds is 4. The minimum Gasteiger partial charge on any atom is -0.481 e. The number of hydrogen-bond acceptors (Lipinski definition) is 2. The van der Waals surface area contributed by atoms with E-state index in [0.717, 1.165) is 11.3 Å². The summed E-state index contributed by atoms with van der Waals surface area (Å²) in [6.07, 6.45) is 0. The van der Waals surface area contributed by atoms with E-state index in [1.165, 1.54) is 3.57 Å². The van der Waals surface area contributed by atoms with Gasteiger partial charge in [-0.1, -0.05) is 13.0 Å². The number of carboxylic acids is 1. The summed E-state index contributed by atoms with van der Waals surface area (Å²) in [5.74, 6) is -1.15. The fourth-order valence-corrected chi connectivity index (χ4v) is 1.65. The Morgan fingerprint density at radius 3 is 2.87 bits per heavy atom. The summed E-state index contributed by atoms with van der Waals surface area (Å²) in [5.41, 5.74) is 2.17. The monoisotopic (exact) mass is 319 g/mol. The molecular weight excluding hydrogens is 305 g/mol. The van der Waals surface area contributed by atoms with Gasteiger partial charge in [0, 0.05) is 15.8 Å². The van der Waals surface area contributed by atoms with Crippen LogP contribution in [0.5, 0.6) is 0 Å². The molecule has 1 aromatic carbocycles. The van der Waals surface area contributed by atoms with E-state index in [1.54, 1.807) is 6.92 Å². The maximum Gasteiger partial charge on any atom is 0.308 e. The maximum atomic E-state index is 10.6. The maximum absolute atomic E-state index is 10.6. The topological polar surface area (TPSA) is 49.3 Å². The summed E-state index contributed by atoms with van der Waals surface area (Å²) in [6, 6.07) is 5.95. The number of carboxylic acid groups (broad SMARTS) is 1. The second-order valence-corrected chi connectivity index (χ2v) is 4.69. The van der Waals surface area contributed by atoms with Gasteiger partial charge in [-0.05, 0) is 47.2 Å². The molecule has 1 atom stereocenters. The molecule has 0 fully saturated rings. The van der Waals surface area contributed by atoms with Crippen LogP contribution in [-0.2, 0) is 4.79 Å². The van der Waals surface area contributed by atoms with E-state index >= 15 is 0 Å². The lowest BCUT2D eigenvalue weighted by molar-refractivity contribution is -0.140. The average molecular weight is 319 g/mol. The van der Waals surface area contributed by atoms with Crippen molar-refractivity contribution < 1.29 is 9.90 Å². The highest BCUT2D eigenvalue weighted by molar-refractivity contribution is 14.1. The Morgan fingerprint density at radius 1 is 1.60 bits per heavy atom. The molecule has 1 aromatic rings. The highest BCUT2D eigenvalue weighted by Gasteiger charge is 2.10. The minimum absolute atomic E-state index is 0.373. The standard InChI is InChI=1S/C11H14INO2/c1-7(11(14)15)6-13-10-5-3-4-9(12)8(10)2/h3-5,7,13H,6H2,1-2H3,(H,14,15). The molecule has 3 nitrogen and oxygen atoms in total. The van der Waals surface area contributed by atoms with Crippen molar-refractivity contribution in [3.63, 3.8) is 0 Å². The fraction of sp³-hybridized carbons (Fsp3) is 0.364. The lowest BCUT2D eigenvalue weighted by atomic mass is 10.1. The predicted octanol–water partition coefficient (Wildman–Crippen LogP) is 2.73. The zero-order valence-electron chi connectivity index (χ0n) is 8.75. The molecule has 4 heteroatoms. The van der Waals surface area contributed by atoms with Crippen molar-refractivity contribution in [2.75, 3.05) is 11.9 Å². The van der Waals surface area contributed by atoms with Crippen molar-refractivity contribution in [1.82, 2.24) is 0 Å². The van der Waals surface area contributed by atoms with E-state index in [1.807, 2.05) is 25.1 Å². The lowest BCUT2D eigenvalue weighted by Crippen LogP contribution is -2.20. The smallest absolute Gasteiger partial charge is 0.308 e. The zero-order valence-corrected chi connectivity index (χ0v) is 10.9. The van der Waals surface area contributed by atoms with Crippen LogP contribution in [0.3, 0.4) is 0 Å². The first-order valence-electron chi connectivity index (χ1n) is 4.74. The third-order valence-corrected chi connectivity index (χ3v) is 3.46. The number of anilines is 1. The number of nitrogens with one attached hydrogen (secondary N) is 1. The predicted molar refractivity (Wildman–Crippen MR) is 69.2 cm³/mol. The van der Waals surface area contributed by atoms with E-state index in [-0.39, 0.29) is 5.92 Å². The molecule has 15 heavy (non-hydrogen) atoms. The molecule has 0 amide bonds. The van der Waals surface area contributed by atoms with Crippen molar-refractivity contribution in [2.24, 2.45) is 5.92 Å². The first-order valence-corrected chi connectivity index (χ1v) is 5.82. The molecule has 0 heterocycles. The Bertz CT molecular complexity index is 366. The number of carbonyl (C=O) groups is 1. The third-order valence-electron chi connectivity index (χ3n) is 2.29. The van der Waals surface area contributed by atoms with Crippen LogP contribution < -0.4 is 5.32 Å². The molecule has 0 aliphatic carbocycles. The molecule has 1 rings (SSSR count). The largest absolute Gasteiger partial charge is 0.481 e. The van der Waals surface area contributed by atoms with Gasteiger partial charge in [-0.2, -0.15) is 0 Å². The second-order valence-electron chi connectivity index (χ2n) is 3.53. The van der Waals surface area contributed by atoms with Crippen LogP contribution in [0.25, 0.3) is 0 Å². The van der Waals surface area contributed by atoms with Crippen LogP contribution in [0.1, 0.15) is 12.5 Å². The van der Waals surface area contributed by atoms with Gasteiger partial charge in [-0.15, -0.1) is 0 Å². The first kappa shape index (κ1) is 12.3. The van der Waals surface area contributed by atoms with E-state index in [9.17, 15) is 4.79 Å². The Labute approximate surface area is 103 Å². The molecule has 82 valence electrons. The van der Waals surface area contributed by atoms with E-state index < -0.39 is 5.97 Å². The molecule has 0 aromatic heterocycles. The highest BCUT2D eigenvalue weighted by Crippen LogP contribution is 2.20. The van der Waals surface area contributed by atoms with Crippen LogP contribution in [0, 0.1) is 16.4 Å². The average Bonchev–Trinajstić information content (AvgIpc) is 2.19. The van der Waals surface area contributed by atoms with Gasteiger partial charge in [0.05, 0.1) is 5.92 Å². The van der Waals surface area contributed by atoms with Crippen LogP contribution >= 0.6 is 22.6 Å². The van der Waals surface area contributed by atoms with Crippen molar-refractivity contribution in [2.45, 2.75) is 13.8 Å². The quantitative estimate of drug-likeness (QED) is 0.839. The molecule has 0 spiro atoms. The summed E-state index contributed by atoms with van der Waals surface area (Å²) in [6.45, 7) is 4.17. The Morgan fingerprint density at radius 2 is 2.27 bits per heavy atom. The third kappa shape index (κ3) is 3.37. The normalized spacial score (nSPS) is 12.2. The van der Waals surface area contributed by atoms with Crippen LogP contribution in [0.2, 0.25) is 0 Å². The molecule has 2 N–H and O–H groups in total. The highest BCUT2D eigenvalue weighted by atomic mass is 127. The van der Waals surface area contributed by atoms with E-state index in [2.05, 4.69) is 27.9 Å². The van der Waals surface area contributed by atoms with Crippen LogP contribution in [-0.4, -0.2) is 17.6 Å². The summed E-state index contributed by atoms with van der Waals surface area (Å²) < 4.78 is 1.18. The summed E-state index contributed by atoms with van der Waals surface area (Å²) in [5, 5.41) is 11.9. The summed E-state index contributed by atoms with van der Waals surface area (Å²) >= 11 is 2.26. The molecule has 0 radical (unpaired) electrons. The summed E-state index contributed by atoms with van der Waals surface area (Å²) in [4.78, 5) is 10.6. The van der Waals surface area contributed by atoms with Crippen molar-refractivity contribution in [3.05, 3.63) is 27.3 Å². The van der Waals surface area contributed by atoms with Gasteiger partial charge in [0.1, 0.15) is 0 Å². The van der Waals surface area contributed by atoms with E-state index in [0.29, 0.717) is 6.54 Å². The minimum atomic E-state index is -0.772. The first-order chi connectivity index (χ1) is 7.02. The van der Waals surface area contributed by atoms with Crippen LogP contribution in [0.4, 0.5) is 5.69 Å². The zero-order chi connectivity index (χ0) is 11.4. The van der Waals surface area contributed by atoms with E-state index in [4.69, 9.17) is 5.11 Å². The van der Waals surface area contributed by atoms with Gasteiger partial charge < -0.3 is 10.4 Å². The van der Waals surface area contributed by atoms with Crippen molar-refractivity contribution >= 4 is 34.2 Å². The van der Waals surface area contributed by atoms with Gasteiger partial charge >= 0.3 is 5.97 Å². The second kappa shape index (κ2) is 5.34. The Balaban J connectivity index is 2.66. The van der Waals surface area contributed by atoms with Gasteiger partial charge in [0.2, 0.25) is 0 Å². The number of benzene rings is 1. The molecule has 0 aliphatic heterocycles. The lowest BCUT2D eigenvalue weighted by Gasteiger charge is -2.12. The van der Waals surface area contributed by atoms with Crippen LogP contribution in [0.15, 0.2) is 18.2 Å². The number of aliphatic carboxylic acids is 1. The molecule has 1 unspecified atom stereocenters. The SMILES string of the molecule is Cc1c(I)cccc1NCC(C)C(=O)O.